The van der Waals surface area contributed by atoms with Crippen LogP contribution < -0.4 is 19.5 Å². The van der Waals surface area contributed by atoms with Crippen molar-refractivity contribution in [3.8, 4) is 28.6 Å². The SMILES string of the molecule is COc1ccc(-c2cc(C(=O)N3CCCC[C@@H]3C(=O)NCc3ccc4c(c3)OCO4)no2)cc1. The number of aromatic nitrogens is 1. The molecule has 9 nitrogen and oxygen atoms in total. The van der Waals surface area contributed by atoms with Crippen molar-refractivity contribution >= 4 is 11.8 Å². The minimum atomic E-state index is -0.559. The number of rotatable bonds is 6. The summed E-state index contributed by atoms with van der Waals surface area (Å²) >= 11 is 0. The highest BCUT2D eigenvalue weighted by Gasteiger charge is 2.34. The first-order valence-corrected chi connectivity index (χ1v) is 11.2. The molecule has 5 rings (SSSR count). The minimum absolute atomic E-state index is 0.182. The molecule has 0 radical (unpaired) electrons. The van der Waals surface area contributed by atoms with E-state index in [1.807, 2.05) is 42.5 Å². The van der Waals surface area contributed by atoms with Crippen LogP contribution in [0.15, 0.2) is 53.1 Å². The lowest BCUT2D eigenvalue weighted by atomic mass is 10.0. The lowest BCUT2D eigenvalue weighted by Crippen LogP contribution is -2.51. The van der Waals surface area contributed by atoms with E-state index in [1.165, 1.54) is 0 Å². The summed E-state index contributed by atoms with van der Waals surface area (Å²) in [5.41, 5.74) is 1.86. The molecule has 3 heterocycles. The third-order valence-electron chi connectivity index (χ3n) is 6.07. The molecular weight excluding hydrogens is 438 g/mol. The van der Waals surface area contributed by atoms with Gasteiger partial charge in [-0.25, -0.2) is 0 Å². The number of hydrogen-bond acceptors (Lipinski definition) is 7. The largest absolute Gasteiger partial charge is 0.497 e. The molecule has 1 N–H and O–H groups in total. The number of ether oxygens (including phenoxy) is 3. The van der Waals surface area contributed by atoms with E-state index < -0.39 is 6.04 Å². The van der Waals surface area contributed by atoms with Gasteiger partial charge in [0, 0.05) is 24.7 Å². The lowest BCUT2D eigenvalue weighted by molar-refractivity contribution is -0.126. The number of fused-ring (bicyclic) bond motifs is 1. The number of methoxy groups -OCH3 is 1. The molecule has 9 heteroatoms. The first-order valence-electron chi connectivity index (χ1n) is 11.2. The summed E-state index contributed by atoms with van der Waals surface area (Å²) in [6, 6.07) is 13.9. The molecule has 3 aromatic rings. The zero-order valence-corrected chi connectivity index (χ0v) is 18.8. The molecule has 0 saturated carbocycles. The van der Waals surface area contributed by atoms with Crippen molar-refractivity contribution in [3.05, 3.63) is 59.8 Å². The minimum Gasteiger partial charge on any atom is -0.497 e. The van der Waals surface area contributed by atoms with Crippen LogP contribution in [-0.2, 0) is 11.3 Å². The Kier molecular flexibility index (Phi) is 6.07. The van der Waals surface area contributed by atoms with Crippen LogP contribution in [0.25, 0.3) is 11.3 Å². The van der Waals surface area contributed by atoms with Crippen LogP contribution in [0.2, 0.25) is 0 Å². The molecule has 1 saturated heterocycles. The maximum atomic E-state index is 13.2. The molecule has 2 aromatic carbocycles. The second kappa shape index (κ2) is 9.46. The molecule has 0 aliphatic carbocycles. The van der Waals surface area contributed by atoms with E-state index in [1.54, 1.807) is 18.1 Å². The van der Waals surface area contributed by atoms with Crippen molar-refractivity contribution in [1.29, 1.82) is 0 Å². The predicted molar refractivity (Wildman–Crippen MR) is 122 cm³/mol. The lowest BCUT2D eigenvalue weighted by Gasteiger charge is -2.34. The zero-order chi connectivity index (χ0) is 23.5. The van der Waals surface area contributed by atoms with Gasteiger partial charge >= 0.3 is 0 Å². The predicted octanol–water partition coefficient (Wildman–Crippen LogP) is 3.39. The topological polar surface area (TPSA) is 103 Å². The highest BCUT2D eigenvalue weighted by molar-refractivity contribution is 5.96. The van der Waals surface area contributed by atoms with Crippen molar-refractivity contribution in [3.63, 3.8) is 0 Å². The van der Waals surface area contributed by atoms with Crippen LogP contribution >= 0.6 is 0 Å². The number of carbonyl (C=O) groups is 2. The van der Waals surface area contributed by atoms with Crippen LogP contribution in [-0.4, -0.2) is 48.4 Å². The molecular formula is C25H25N3O6. The average molecular weight is 463 g/mol. The van der Waals surface area contributed by atoms with Crippen molar-refractivity contribution in [2.24, 2.45) is 0 Å². The third kappa shape index (κ3) is 4.41. The van der Waals surface area contributed by atoms with Crippen LogP contribution in [0.5, 0.6) is 17.2 Å². The van der Waals surface area contributed by atoms with E-state index in [0.29, 0.717) is 36.8 Å². The molecule has 1 aromatic heterocycles. The Morgan fingerprint density at radius 3 is 2.74 bits per heavy atom. The van der Waals surface area contributed by atoms with Crippen LogP contribution in [0, 0.1) is 0 Å². The molecule has 1 atom stereocenters. The number of nitrogens with one attached hydrogen (secondary N) is 1. The van der Waals surface area contributed by atoms with Crippen molar-refractivity contribution in [2.45, 2.75) is 31.8 Å². The second-order valence-corrected chi connectivity index (χ2v) is 8.22. The van der Waals surface area contributed by atoms with Gasteiger partial charge in [-0.05, 0) is 61.2 Å². The Morgan fingerprint density at radius 1 is 1.09 bits per heavy atom. The second-order valence-electron chi connectivity index (χ2n) is 8.22. The third-order valence-corrected chi connectivity index (χ3v) is 6.07. The highest BCUT2D eigenvalue weighted by atomic mass is 16.7. The number of carbonyl (C=O) groups excluding carboxylic acids is 2. The summed E-state index contributed by atoms with van der Waals surface area (Å²) in [5, 5.41) is 6.93. The van der Waals surface area contributed by atoms with Crippen LogP contribution in [0.1, 0.15) is 35.3 Å². The van der Waals surface area contributed by atoms with E-state index in [0.717, 1.165) is 29.7 Å². The Bertz CT molecular complexity index is 1190. The molecule has 2 aliphatic heterocycles. The van der Waals surface area contributed by atoms with Gasteiger partial charge in [0.25, 0.3) is 5.91 Å². The van der Waals surface area contributed by atoms with Crippen molar-refractivity contribution < 1.29 is 28.3 Å². The molecule has 1 fully saturated rings. The summed E-state index contributed by atoms with van der Waals surface area (Å²) in [6.45, 7) is 1.03. The van der Waals surface area contributed by atoms with Gasteiger partial charge in [-0.15, -0.1) is 0 Å². The Hall–Kier alpha value is -4.01. The first kappa shape index (κ1) is 21.8. The number of nitrogens with zero attached hydrogens (tertiary/aromatic N) is 2. The highest BCUT2D eigenvalue weighted by Crippen LogP contribution is 2.32. The summed E-state index contributed by atoms with van der Waals surface area (Å²) in [4.78, 5) is 27.8. The van der Waals surface area contributed by atoms with E-state index in [9.17, 15) is 9.59 Å². The molecule has 0 unspecified atom stereocenters. The summed E-state index contributed by atoms with van der Waals surface area (Å²) in [7, 11) is 1.60. The summed E-state index contributed by atoms with van der Waals surface area (Å²) in [6.07, 6.45) is 2.31. The van der Waals surface area contributed by atoms with Gasteiger partial charge in [0.2, 0.25) is 12.7 Å². The fraction of sp³-hybridized carbons (Fsp3) is 0.320. The first-order chi connectivity index (χ1) is 16.6. The maximum Gasteiger partial charge on any atom is 0.276 e. The normalized spacial score (nSPS) is 16.9. The van der Waals surface area contributed by atoms with E-state index in [-0.39, 0.29) is 24.3 Å². The van der Waals surface area contributed by atoms with Gasteiger partial charge in [0.05, 0.1) is 7.11 Å². The molecule has 2 aliphatic rings. The van der Waals surface area contributed by atoms with Crippen molar-refractivity contribution in [1.82, 2.24) is 15.4 Å². The van der Waals surface area contributed by atoms with E-state index in [4.69, 9.17) is 18.7 Å². The van der Waals surface area contributed by atoms with Gasteiger partial charge in [-0.3, -0.25) is 9.59 Å². The molecule has 0 spiro atoms. The standard InChI is InChI=1S/C25H25N3O6/c1-31-18-8-6-17(7-9-18)22-13-19(27-34-22)25(30)28-11-3-2-4-20(28)24(29)26-14-16-5-10-21-23(12-16)33-15-32-21/h5-10,12-13,20H,2-4,11,14-15H2,1H3,(H,26,29)/t20-/m1/s1. The van der Waals surface area contributed by atoms with Gasteiger partial charge in [-0.2, -0.15) is 0 Å². The number of benzene rings is 2. The maximum absolute atomic E-state index is 13.2. The van der Waals surface area contributed by atoms with E-state index in [2.05, 4.69) is 10.5 Å². The van der Waals surface area contributed by atoms with Gasteiger partial charge in [-0.1, -0.05) is 11.2 Å². The Morgan fingerprint density at radius 2 is 1.91 bits per heavy atom. The molecule has 2 amide bonds. The summed E-state index contributed by atoms with van der Waals surface area (Å²) in [5.74, 6) is 2.06. The molecule has 176 valence electrons. The average Bonchev–Trinajstić information content (AvgIpc) is 3.56. The molecule has 34 heavy (non-hydrogen) atoms. The Labute approximate surface area is 196 Å². The fourth-order valence-corrected chi connectivity index (χ4v) is 4.22. The zero-order valence-electron chi connectivity index (χ0n) is 18.8. The van der Waals surface area contributed by atoms with Crippen LogP contribution in [0.3, 0.4) is 0 Å². The van der Waals surface area contributed by atoms with E-state index >= 15 is 0 Å². The Balaban J connectivity index is 1.26. The summed E-state index contributed by atoms with van der Waals surface area (Å²) < 4.78 is 21.3. The fourth-order valence-electron chi connectivity index (χ4n) is 4.22. The number of likely N-dealkylation sites (tertiary alicyclic amines) is 1. The monoisotopic (exact) mass is 463 g/mol. The van der Waals surface area contributed by atoms with Gasteiger partial charge < -0.3 is 29.0 Å². The van der Waals surface area contributed by atoms with Gasteiger partial charge in [0.1, 0.15) is 11.8 Å². The number of hydrogen-bond donors (Lipinski definition) is 1. The smallest absolute Gasteiger partial charge is 0.276 e. The van der Waals surface area contributed by atoms with Crippen molar-refractivity contribution in [2.75, 3.05) is 20.4 Å². The molecule has 0 bridgehead atoms. The van der Waals surface area contributed by atoms with Gasteiger partial charge in [0.15, 0.2) is 23.0 Å². The number of amides is 2. The van der Waals surface area contributed by atoms with Crippen LogP contribution in [0.4, 0.5) is 0 Å². The quantitative estimate of drug-likeness (QED) is 0.598. The number of piperidine rings is 1.